The zero-order chi connectivity index (χ0) is 12.3. The molecular weight excluding hydrogens is 222 g/mol. The Morgan fingerprint density at radius 3 is 2.59 bits per heavy atom. The first-order valence-electron chi connectivity index (χ1n) is 6.23. The molecule has 1 saturated heterocycles. The molecule has 5 heteroatoms. The summed E-state index contributed by atoms with van der Waals surface area (Å²) in [6.07, 6.45) is 4.33. The summed E-state index contributed by atoms with van der Waals surface area (Å²) in [6, 6.07) is 0. The normalized spacial score (nSPS) is 26.9. The van der Waals surface area contributed by atoms with E-state index < -0.39 is 11.5 Å². The minimum Gasteiger partial charge on any atom is -0.481 e. The van der Waals surface area contributed by atoms with Crippen molar-refractivity contribution in [2.24, 2.45) is 5.92 Å². The Labute approximate surface area is 101 Å². The zero-order valence-electron chi connectivity index (χ0n) is 9.91. The lowest BCUT2D eigenvalue weighted by Crippen LogP contribution is -2.56. The highest BCUT2D eigenvalue weighted by atomic mass is 16.5. The molecule has 0 aromatic carbocycles. The summed E-state index contributed by atoms with van der Waals surface area (Å²) in [5, 5.41) is 11.8. The summed E-state index contributed by atoms with van der Waals surface area (Å²) in [7, 11) is 0. The van der Waals surface area contributed by atoms with Crippen molar-refractivity contribution in [3.8, 4) is 0 Å². The summed E-state index contributed by atoms with van der Waals surface area (Å²) in [5.41, 5.74) is -0.486. The maximum Gasteiger partial charge on any atom is 0.305 e. The van der Waals surface area contributed by atoms with Crippen LogP contribution in [0.4, 0.5) is 0 Å². The van der Waals surface area contributed by atoms with Gasteiger partial charge in [-0.05, 0) is 32.1 Å². The van der Waals surface area contributed by atoms with E-state index in [4.69, 9.17) is 9.84 Å². The van der Waals surface area contributed by atoms with E-state index in [1.807, 2.05) is 0 Å². The van der Waals surface area contributed by atoms with E-state index in [0.29, 0.717) is 6.61 Å². The second-order valence-electron chi connectivity index (χ2n) is 5.11. The van der Waals surface area contributed by atoms with Crippen LogP contribution in [-0.2, 0) is 14.3 Å². The molecule has 0 spiro atoms. The molecule has 1 amide bonds. The molecule has 2 rings (SSSR count). The van der Waals surface area contributed by atoms with Crippen molar-refractivity contribution in [2.45, 2.75) is 44.1 Å². The van der Waals surface area contributed by atoms with Crippen molar-refractivity contribution in [3.05, 3.63) is 0 Å². The molecule has 17 heavy (non-hydrogen) atoms. The number of carboxylic acid groups (broad SMARTS) is 1. The molecule has 1 saturated carbocycles. The predicted octanol–water partition coefficient (Wildman–Crippen LogP) is 0.927. The highest BCUT2D eigenvalue weighted by molar-refractivity contribution is 5.81. The number of hydrogen-bond acceptors (Lipinski definition) is 3. The van der Waals surface area contributed by atoms with Crippen molar-refractivity contribution in [1.82, 2.24) is 5.32 Å². The number of rotatable bonds is 4. The van der Waals surface area contributed by atoms with Crippen LogP contribution < -0.4 is 5.32 Å². The Morgan fingerprint density at radius 1 is 1.35 bits per heavy atom. The molecule has 96 valence electrons. The van der Waals surface area contributed by atoms with E-state index in [-0.39, 0.29) is 18.2 Å². The number of amides is 1. The monoisotopic (exact) mass is 241 g/mol. The number of ether oxygens (including phenoxy) is 1. The number of carbonyl (C=O) groups is 2. The van der Waals surface area contributed by atoms with Crippen molar-refractivity contribution < 1.29 is 19.4 Å². The van der Waals surface area contributed by atoms with Gasteiger partial charge < -0.3 is 15.2 Å². The number of aliphatic carboxylic acids is 1. The Balaban J connectivity index is 1.89. The Morgan fingerprint density at radius 2 is 2.12 bits per heavy atom. The van der Waals surface area contributed by atoms with Gasteiger partial charge in [-0.2, -0.15) is 0 Å². The van der Waals surface area contributed by atoms with Crippen molar-refractivity contribution in [3.63, 3.8) is 0 Å². The fourth-order valence-electron chi connectivity index (χ4n) is 2.55. The van der Waals surface area contributed by atoms with Crippen LogP contribution in [0.25, 0.3) is 0 Å². The Kier molecular flexibility index (Phi) is 3.66. The second kappa shape index (κ2) is 5.04. The number of carbonyl (C=O) groups excluding carboxylic acids is 1. The second-order valence-corrected chi connectivity index (χ2v) is 5.11. The molecule has 1 atom stereocenters. The number of carboxylic acids is 1. The first-order valence-corrected chi connectivity index (χ1v) is 6.23. The summed E-state index contributed by atoms with van der Waals surface area (Å²) >= 11 is 0. The van der Waals surface area contributed by atoms with Gasteiger partial charge in [0.25, 0.3) is 0 Å². The van der Waals surface area contributed by atoms with Crippen LogP contribution in [0, 0.1) is 5.92 Å². The van der Waals surface area contributed by atoms with Crippen LogP contribution >= 0.6 is 0 Å². The zero-order valence-corrected chi connectivity index (χ0v) is 9.91. The van der Waals surface area contributed by atoms with Crippen LogP contribution in [-0.4, -0.2) is 35.7 Å². The first kappa shape index (κ1) is 12.4. The molecule has 1 aliphatic heterocycles. The lowest BCUT2D eigenvalue weighted by molar-refractivity contribution is -0.141. The average molecular weight is 241 g/mol. The standard InChI is InChI=1S/C12H19NO4/c14-10(15)7-12(4-2-5-12)13-11(16)9-3-1-6-17-8-9/h9H,1-8H2,(H,13,16)(H,14,15). The number of hydrogen-bond donors (Lipinski definition) is 2. The van der Waals surface area contributed by atoms with Crippen LogP contribution in [0.5, 0.6) is 0 Å². The maximum atomic E-state index is 12.0. The van der Waals surface area contributed by atoms with Gasteiger partial charge >= 0.3 is 5.97 Å². The molecule has 5 nitrogen and oxygen atoms in total. The van der Waals surface area contributed by atoms with Gasteiger partial charge in [0, 0.05) is 6.61 Å². The summed E-state index contributed by atoms with van der Waals surface area (Å²) in [4.78, 5) is 22.8. The molecule has 0 aromatic rings. The first-order chi connectivity index (χ1) is 8.11. The van der Waals surface area contributed by atoms with Gasteiger partial charge in [-0.3, -0.25) is 9.59 Å². The fraction of sp³-hybridized carbons (Fsp3) is 0.833. The molecule has 0 bridgehead atoms. The van der Waals surface area contributed by atoms with Gasteiger partial charge in [0.1, 0.15) is 0 Å². The summed E-state index contributed by atoms with van der Waals surface area (Å²) in [5.74, 6) is -0.981. The van der Waals surface area contributed by atoms with Gasteiger partial charge in [0.15, 0.2) is 0 Å². The van der Waals surface area contributed by atoms with Gasteiger partial charge in [-0.1, -0.05) is 0 Å². The van der Waals surface area contributed by atoms with E-state index in [0.717, 1.165) is 38.7 Å². The lowest BCUT2D eigenvalue weighted by Gasteiger charge is -2.42. The van der Waals surface area contributed by atoms with Crippen molar-refractivity contribution in [2.75, 3.05) is 13.2 Å². The largest absolute Gasteiger partial charge is 0.481 e. The van der Waals surface area contributed by atoms with E-state index >= 15 is 0 Å². The molecule has 2 N–H and O–H groups in total. The SMILES string of the molecule is O=C(O)CC1(NC(=O)C2CCCOC2)CCC1. The lowest BCUT2D eigenvalue weighted by atomic mass is 9.74. The van der Waals surface area contributed by atoms with Gasteiger partial charge in [0.2, 0.25) is 5.91 Å². The van der Waals surface area contributed by atoms with E-state index in [1.165, 1.54) is 0 Å². The number of nitrogens with one attached hydrogen (secondary N) is 1. The summed E-state index contributed by atoms with van der Waals surface area (Å²) in [6.45, 7) is 1.19. The highest BCUT2D eigenvalue weighted by Gasteiger charge is 2.41. The molecular formula is C12H19NO4. The third-order valence-electron chi connectivity index (χ3n) is 3.72. The van der Waals surface area contributed by atoms with Crippen molar-refractivity contribution >= 4 is 11.9 Å². The van der Waals surface area contributed by atoms with Gasteiger partial charge in [-0.15, -0.1) is 0 Å². The molecule has 1 heterocycles. The average Bonchev–Trinajstić information content (AvgIpc) is 2.26. The van der Waals surface area contributed by atoms with Crippen LogP contribution in [0.2, 0.25) is 0 Å². The minimum absolute atomic E-state index is 0.0340. The molecule has 0 radical (unpaired) electrons. The van der Waals surface area contributed by atoms with E-state index in [1.54, 1.807) is 0 Å². The van der Waals surface area contributed by atoms with Crippen molar-refractivity contribution in [1.29, 1.82) is 0 Å². The van der Waals surface area contributed by atoms with Crippen LogP contribution in [0.3, 0.4) is 0 Å². The van der Waals surface area contributed by atoms with Crippen LogP contribution in [0.15, 0.2) is 0 Å². The van der Waals surface area contributed by atoms with E-state index in [2.05, 4.69) is 5.32 Å². The maximum absolute atomic E-state index is 12.0. The molecule has 0 aromatic heterocycles. The molecule has 1 aliphatic carbocycles. The quantitative estimate of drug-likeness (QED) is 0.767. The Bertz CT molecular complexity index is 306. The third kappa shape index (κ3) is 2.97. The van der Waals surface area contributed by atoms with Gasteiger partial charge in [-0.25, -0.2) is 0 Å². The third-order valence-corrected chi connectivity index (χ3v) is 3.72. The molecule has 2 aliphatic rings. The molecule has 2 fully saturated rings. The Hall–Kier alpha value is -1.10. The topological polar surface area (TPSA) is 75.6 Å². The predicted molar refractivity (Wildman–Crippen MR) is 60.5 cm³/mol. The minimum atomic E-state index is -0.843. The van der Waals surface area contributed by atoms with Crippen LogP contribution in [0.1, 0.15) is 38.5 Å². The van der Waals surface area contributed by atoms with Gasteiger partial charge in [0.05, 0.1) is 24.5 Å². The fourth-order valence-corrected chi connectivity index (χ4v) is 2.55. The smallest absolute Gasteiger partial charge is 0.305 e. The molecule has 1 unspecified atom stereocenters. The van der Waals surface area contributed by atoms with E-state index in [9.17, 15) is 9.59 Å². The highest BCUT2D eigenvalue weighted by Crippen LogP contribution is 2.35. The summed E-state index contributed by atoms with van der Waals surface area (Å²) < 4.78 is 5.27.